The summed E-state index contributed by atoms with van der Waals surface area (Å²) in [5, 5.41) is 0.245. The van der Waals surface area contributed by atoms with Crippen molar-refractivity contribution in [3.8, 4) is 0 Å². The van der Waals surface area contributed by atoms with Gasteiger partial charge in [-0.25, -0.2) is 4.98 Å². The van der Waals surface area contributed by atoms with Gasteiger partial charge in [0.15, 0.2) is 0 Å². The van der Waals surface area contributed by atoms with Gasteiger partial charge in [0.1, 0.15) is 11.0 Å². The summed E-state index contributed by atoms with van der Waals surface area (Å²) in [4.78, 5) is 16.0. The molecular weight excluding hydrogens is 248 g/mol. The largest absolute Gasteiger partial charge is 0.292 e. The number of rotatable bonds is 2. The van der Waals surface area contributed by atoms with Gasteiger partial charge in [0.2, 0.25) is 0 Å². The Kier molecular flexibility index (Phi) is 3.53. The smallest absolute Gasteiger partial charge is 0.255 e. The lowest BCUT2D eigenvalue weighted by atomic mass is 10.1. The third kappa shape index (κ3) is 2.79. The van der Waals surface area contributed by atoms with Gasteiger partial charge in [0, 0.05) is 6.07 Å². The molecular formula is C14H15ClN2O. The maximum Gasteiger partial charge on any atom is 0.255 e. The van der Waals surface area contributed by atoms with E-state index in [9.17, 15) is 4.79 Å². The minimum absolute atomic E-state index is 0.119. The van der Waals surface area contributed by atoms with Crippen molar-refractivity contribution in [3.63, 3.8) is 0 Å². The normalized spacial score (nSPS) is 10.7. The zero-order valence-corrected chi connectivity index (χ0v) is 11.5. The van der Waals surface area contributed by atoms with Crippen LogP contribution in [0.4, 0.5) is 0 Å². The molecule has 0 bridgehead atoms. The molecule has 0 fully saturated rings. The van der Waals surface area contributed by atoms with Crippen LogP contribution in [0, 0.1) is 20.8 Å². The van der Waals surface area contributed by atoms with E-state index in [0.717, 1.165) is 5.56 Å². The minimum atomic E-state index is -0.119. The Balaban J connectivity index is 2.43. The maximum atomic E-state index is 11.9. The van der Waals surface area contributed by atoms with E-state index in [4.69, 9.17) is 11.6 Å². The molecule has 0 amide bonds. The average molecular weight is 263 g/mol. The van der Waals surface area contributed by atoms with Gasteiger partial charge in [0.05, 0.1) is 6.54 Å². The SMILES string of the molecule is Cc1cc(C)cc(Cn2c(C)nc(Cl)cc2=O)c1. The zero-order chi connectivity index (χ0) is 13.3. The molecule has 0 aliphatic rings. The molecule has 1 heterocycles. The van der Waals surface area contributed by atoms with Crippen molar-refractivity contribution in [2.45, 2.75) is 27.3 Å². The average Bonchev–Trinajstić information content (AvgIpc) is 2.22. The van der Waals surface area contributed by atoms with Crippen molar-refractivity contribution >= 4 is 11.6 Å². The Morgan fingerprint density at radius 3 is 2.28 bits per heavy atom. The quantitative estimate of drug-likeness (QED) is 0.780. The summed E-state index contributed by atoms with van der Waals surface area (Å²) >= 11 is 5.75. The number of aryl methyl sites for hydroxylation is 3. The summed E-state index contributed by atoms with van der Waals surface area (Å²) in [5.41, 5.74) is 3.36. The first-order valence-electron chi connectivity index (χ1n) is 5.77. The molecule has 0 spiro atoms. The standard InChI is InChI=1S/C14H15ClN2O/c1-9-4-10(2)6-12(5-9)8-17-11(3)16-13(15)7-14(17)18/h4-7H,8H2,1-3H3. The van der Waals surface area contributed by atoms with Gasteiger partial charge in [-0.3, -0.25) is 9.36 Å². The van der Waals surface area contributed by atoms with E-state index >= 15 is 0 Å². The molecule has 0 N–H and O–H groups in total. The molecule has 0 unspecified atom stereocenters. The summed E-state index contributed by atoms with van der Waals surface area (Å²) in [6.07, 6.45) is 0. The van der Waals surface area contributed by atoms with Crippen molar-refractivity contribution in [1.82, 2.24) is 9.55 Å². The Morgan fingerprint density at radius 2 is 1.72 bits per heavy atom. The van der Waals surface area contributed by atoms with Crippen molar-refractivity contribution in [1.29, 1.82) is 0 Å². The van der Waals surface area contributed by atoms with Gasteiger partial charge < -0.3 is 0 Å². The highest BCUT2D eigenvalue weighted by Gasteiger charge is 2.05. The van der Waals surface area contributed by atoms with Gasteiger partial charge in [0.25, 0.3) is 5.56 Å². The van der Waals surface area contributed by atoms with Gasteiger partial charge in [-0.15, -0.1) is 0 Å². The fourth-order valence-corrected chi connectivity index (χ4v) is 2.34. The van der Waals surface area contributed by atoms with Gasteiger partial charge in [-0.1, -0.05) is 40.9 Å². The molecule has 2 aromatic rings. The summed E-state index contributed by atoms with van der Waals surface area (Å²) in [6.45, 7) is 6.41. The molecule has 3 nitrogen and oxygen atoms in total. The molecule has 94 valence electrons. The van der Waals surface area contributed by atoms with Crippen LogP contribution in [0.1, 0.15) is 22.5 Å². The van der Waals surface area contributed by atoms with Gasteiger partial charge >= 0.3 is 0 Å². The van der Waals surface area contributed by atoms with Crippen molar-refractivity contribution in [2.24, 2.45) is 0 Å². The van der Waals surface area contributed by atoms with E-state index in [0.29, 0.717) is 12.4 Å². The second-order valence-corrected chi connectivity index (χ2v) is 4.93. The molecule has 0 radical (unpaired) electrons. The van der Waals surface area contributed by atoms with E-state index in [1.807, 2.05) is 13.8 Å². The van der Waals surface area contributed by atoms with Crippen LogP contribution in [-0.4, -0.2) is 9.55 Å². The van der Waals surface area contributed by atoms with E-state index in [2.05, 4.69) is 23.2 Å². The maximum absolute atomic E-state index is 11.9. The Labute approximate surface area is 111 Å². The van der Waals surface area contributed by atoms with E-state index in [1.165, 1.54) is 17.2 Å². The third-order valence-corrected chi connectivity index (χ3v) is 2.98. The number of hydrogen-bond donors (Lipinski definition) is 0. The van der Waals surface area contributed by atoms with Crippen LogP contribution in [-0.2, 0) is 6.54 Å². The lowest BCUT2D eigenvalue weighted by Crippen LogP contribution is -2.23. The summed E-state index contributed by atoms with van der Waals surface area (Å²) in [5.74, 6) is 0.631. The van der Waals surface area contributed by atoms with Crippen molar-refractivity contribution in [2.75, 3.05) is 0 Å². The summed E-state index contributed by atoms with van der Waals surface area (Å²) in [7, 11) is 0. The van der Waals surface area contributed by atoms with E-state index in [-0.39, 0.29) is 10.7 Å². The third-order valence-electron chi connectivity index (χ3n) is 2.79. The molecule has 0 saturated carbocycles. The highest BCUT2D eigenvalue weighted by atomic mass is 35.5. The lowest BCUT2D eigenvalue weighted by molar-refractivity contribution is 0.699. The van der Waals surface area contributed by atoms with Crippen LogP contribution in [0.5, 0.6) is 0 Å². The van der Waals surface area contributed by atoms with Crippen LogP contribution in [0.3, 0.4) is 0 Å². The summed E-state index contributed by atoms with van der Waals surface area (Å²) in [6, 6.07) is 7.61. The van der Waals surface area contributed by atoms with Crippen LogP contribution in [0.2, 0.25) is 5.15 Å². The molecule has 2 rings (SSSR count). The first kappa shape index (κ1) is 12.8. The number of aromatic nitrogens is 2. The number of halogens is 1. The molecule has 0 aliphatic heterocycles. The molecule has 1 aromatic carbocycles. The fourth-order valence-electron chi connectivity index (χ4n) is 2.12. The predicted molar refractivity (Wildman–Crippen MR) is 73.3 cm³/mol. The van der Waals surface area contributed by atoms with Gasteiger partial charge in [-0.05, 0) is 26.3 Å². The highest BCUT2D eigenvalue weighted by molar-refractivity contribution is 6.29. The Hall–Kier alpha value is -1.61. The topological polar surface area (TPSA) is 34.9 Å². The van der Waals surface area contributed by atoms with Crippen molar-refractivity contribution in [3.05, 3.63) is 62.3 Å². The van der Waals surface area contributed by atoms with Crippen LogP contribution in [0.25, 0.3) is 0 Å². The molecule has 1 aromatic heterocycles. The van der Waals surface area contributed by atoms with Crippen molar-refractivity contribution < 1.29 is 0 Å². The first-order valence-corrected chi connectivity index (χ1v) is 6.14. The highest BCUT2D eigenvalue weighted by Crippen LogP contribution is 2.11. The predicted octanol–water partition coefficient (Wildman–Crippen LogP) is 2.87. The Morgan fingerprint density at radius 1 is 1.11 bits per heavy atom. The Bertz CT molecular complexity index is 626. The lowest BCUT2D eigenvalue weighted by Gasteiger charge is -2.10. The minimum Gasteiger partial charge on any atom is -0.292 e. The second-order valence-electron chi connectivity index (χ2n) is 4.55. The van der Waals surface area contributed by atoms with Gasteiger partial charge in [-0.2, -0.15) is 0 Å². The molecule has 4 heteroatoms. The molecule has 0 aliphatic carbocycles. The van der Waals surface area contributed by atoms with Crippen LogP contribution in [0.15, 0.2) is 29.1 Å². The van der Waals surface area contributed by atoms with Crippen LogP contribution < -0.4 is 5.56 Å². The molecule has 0 saturated heterocycles. The van der Waals surface area contributed by atoms with E-state index in [1.54, 1.807) is 11.5 Å². The fraction of sp³-hybridized carbons (Fsp3) is 0.286. The summed E-state index contributed by atoms with van der Waals surface area (Å²) < 4.78 is 1.63. The first-order chi connectivity index (χ1) is 8.45. The number of nitrogens with zero attached hydrogens (tertiary/aromatic N) is 2. The number of hydrogen-bond acceptors (Lipinski definition) is 2. The zero-order valence-electron chi connectivity index (χ0n) is 10.7. The second kappa shape index (κ2) is 4.94. The molecule has 0 atom stereocenters. The monoisotopic (exact) mass is 262 g/mol. The number of benzene rings is 1. The van der Waals surface area contributed by atoms with Crippen LogP contribution >= 0.6 is 11.6 Å². The van der Waals surface area contributed by atoms with E-state index < -0.39 is 0 Å². The molecule has 18 heavy (non-hydrogen) atoms.